The van der Waals surface area contributed by atoms with Crippen molar-refractivity contribution in [1.82, 2.24) is 15.0 Å². The molecule has 0 atom stereocenters. The molecule has 0 bridgehead atoms. The number of nitrogens with zero attached hydrogens (tertiary/aromatic N) is 7. The fourth-order valence-electron chi connectivity index (χ4n) is 3.09. The highest BCUT2D eigenvalue weighted by Crippen LogP contribution is 2.07. The van der Waals surface area contributed by atoms with Gasteiger partial charge >= 0.3 is 0 Å². The van der Waals surface area contributed by atoms with Gasteiger partial charge in [-0.2, -0.15) is 5.26 Å². The number of pyridine rings is 3. The summed E-state index contributed by atoms with van der Waals surface area (Å²) in [6, 6.07) is 12.8. The summed E-state index contributed by atoms with van der Waals surface area (Å²) in [4.78, 5) is 12.3. The van der Waals surface area contributed by atoms with Crippen molar-refractivity contribution < 1.29 is 15.6 Å². The number of nitriles is 1. The van der Waals surface area contributed by atoms with Gasteiger partial charge in [-0.1, -0.05) is 27.1 Å². The molecule has 0 aliphatic heterocycles. The van der Waals surface area contributed by atoms with Crippen LogP contribution in [0.3, 0.4) is 0 Å². The summed E-state index contributed by atoms with van der Waals surface area (Å²) in [5.74, 6) is 0. The number of aryl methyl sites for hydroxylation is 6. The third-order valence-electron chi connectivity index (χ3n) is 4.25. The second kappa shape index (κ2) is 16.6. The molecule has 0 aliphatic carbocycles. The third kappa shape index (κ3) is 11.9. The monoisotopic (exact) mass is 545 g/mol. The molecular formula is C25H29Cl2N7O3. The van der Waals surface area contributed by atoms with Gasteiger partial charge in [0.25, 0.3) is 0 Å². The molecule has 0 saturated heterocycles. The van der Waals surface area contributed by atoms with Crippen LogP contribution < -0.4 is 0 Å². The van der Waals surface area contributed by atoms with E-state index in [0.717, 1.165) is 33.8 Å². The van der Waals surface area contributed by atoms with Crippen LogP contribution in [-0.4, -0.2) is 47.7 Å². The summed E-state index contributed by atoms with van der Waals surface area (Å²) in [5, 5.41) is 42.3. The van der Waals surface area contributed by atoms with Gasteiger partial charge in [-0.15, -0.1) is 12.4 Å². The Morgan fingerprint density at radius 1 is 0.757 bits per heavy atom. The van der Waals surface area contributed by atoms with E-state index in [1.165, 1.54) is 6.21 Å². The van der Waals surface area contributed by atoms with Crippen molar-refractivity contribution in [3.8, 4) is 6.07 Å². The lowest BCUT2D eigenvalue weighted by atomic mass is 10.2. The first kappa shape index (κ1) is 32.9. The van der Waals surface area contributed by atoms with Gasteiger partial charge in [0.05, 0.1) is 11.9 Å². The normalized spacial score (nSPS) is 10.9. The SMILES string of the molecule is Cc1cc(C)nc(/C(C#N)=N/O)c1.Cc1cc(C)nc(/C(Cl)=N/O)c1.Cc1cc(C)nc(/C=N/O)c1.Cl. The Hall–Kier alpha value is -4.07. The highest BCUT2D eigenvalue weighted by molar-refractivity contribution is 6.69. The average molecular weight is 546 g/mol. The van der Waals surface area contributed by atoms with E-state index < -0.39 is 0 Å². The molecule has 37 heavy (non-hydrogen) atoms. The average Bonchev–Trinajstić information content (AvgIpc) is 2.78. The van der Waals surface area contributed by atoms with E-state index in [-0.39, 0.29) is 23.3 Å². The Kier molecular flexibility index (Phi) is 14.8. The summed E-state index contributed by atoms with van der Waals surface area (Å²) in [6.07, 6.45) is 1.32. The summed E-state index contributed by atoms with van der Waals surface area (Å²) < 4.78 is 0. The second-order valence-electron chi connectivity index (χ2n) is 7.75. The molecule has 3 aromatic rings. The fourth-order valence-corrected chi connectivity index (χ4v) is 3.19. The minimum Gasteiger partial charge on any atom is -0.411 e. The highest BCUT2D eigenvalue weighted by atomic mass is 35.5. The Morgan fingerprint density at radius 3 is 1.62 bits per heavy atom. The van der Waals surface area contributed by atoms with Crippen molar-refractivity contribution in [2.24, 2.45) is 15.5 Å². The number of rotatable bonds is 3. The molecule has 3 heterocycles. The standard InChI is InChI=1S/C9H9N3O.C8H9ClN2O.C8H10N2O.ClH/c1-6-3-7(2)11-8(4-6)9(5-10)12-13;1-5-3-6(2)10-7(4-5)8(9)11-12;1-6-3-7(2)10-8(4-6)5-9-11;/h3-4,13H,1-2H3;3-4,12H,1-2H3;3-5,11H,1-2H3;1H/b12-9+;11-8-;9-5+;. The molecule has 0 aliphatic rings. The molecule has 0 amide bonds. The lowest BCUT2D eigenvalue weighted by Gasteiger charge is -1.99. The van der Waals surface area contributed by atoms with E-state index in [2.05, 4.69) is 30.4 Å². The van der Waals surface area contributed by atoms with E-state index in [1.807, 2.05) is 65.8 Å². The van der Waals surface area contributed by atoms with Gasteiger partial charge in [0, 0.05) is 17.1 Å². The van der Waals surface area contributed by atoms with Crippen molar-refractivity contribution in [1.29, 1.82) is 5.26 Å². The van der Waals surface area contributed by atoms with Gasteiger partial charge in [-0.3, -0.25) is 15.0 Å². The maximum absolute atomic E-state index is 8.58. The van der Waals surface area contributed by atoms with E-state index >= 15 is 0 Å². The molecule has 0 unspecified atom stereocenters. The number of aromatic nitrogens is 3. The van der Waals surface area contributed by atoms with Gasteiger partial charge in [-0.25, -0.2) is 0 Å². The van der Waals surface area contributed by atoms with Crippen LogP contribution in [0.5, 0.6) is 0 Å². The molecule has 10 nitrogen and oxygen atoms in total. The molecule has 0 fully saturated rings. The zero-order valence-corrected chi connectivity index (χ0v) is 22.9. The smallest absolute Gasteiger partial charge is 0.205 e. The number of hydrogen-bond acceptors (Lipinski definition) is 10. The zero-order valence-electron chi connectivity index (χ0n) is 21.3. The van der Waals surface area contributed by atoms with Crippen LogP contribution in [0.1, 0.15) is 50.9 Å². The van der Waals surface area contributed by atoms with Crippen molar-refractivity contribution >= 4 is 41.1 Å². The summed E-state index contributed by atoms with van der Waals surface area (Å²) in [5.41, 5.74) is 7.25. The molecule has 0 saturated carbocycles. The van der Waals surface area contributed by atoms with Gasteiger partial charge < -0.3 is 15.6 Å². The minimum absolute atomic E-state index is 0. The van der Waals surface area contributed by atoms with Crippen molar-refractivity contribution in [3.05, 3.63) is 87.3 Å². The van der Waals surface area contributed by atoms with E-state index in [9.17, 15) is 0 Å². The Balaban J connectivity index is 0.000000520. The van der Waals surface area contributed by atoms with E-state index in [1.54, 1.807) is 18.2 Å². The van der Waals surface area contributed by atoms with Gasteiger partial charge in [0.1, 0.15) is 17.5 Å². The second-order valence-corrected chi connectivity index (χ2v) is 8.11. The first-order valence-corrected chi connectivity index (χ1v) is 10.9. The van der Waals surface area contributed by atoms with Crippen molar-refractivity contribution in [2.45, 2.75) is 41.5 Å². The number of halogens is 2. The third-order valence-corrected chi connectivity index (χ3v) is 4.52. The van der Waals surface area contributed by atoms with Crippen LogP contribution in [0.2, 0.25) is 0 Å². The van der Waals surface area contributed by atoms with Crippen LogP contribution in [0, 0.1) is 52.9 Å². The first-order chi connectivity index (χ1) is 17.0. The molecule has 3 N–H and O–H groups in total. The molecule has 0 spiro atoms. The molecule has 0 aromatic carbocycles. The van der Waals surface area contributed by atoms with E-state index in [4.69, 9.17) is 32.5 Å². The molecule has 0 radical (unpaired) electrons. The topological polar surface area (TPSA) is 160 Å². The number of hydrogen-bond donors (Lipinski definition) is 3. The molecular weight excluding hydrogens is 517 g/mol. The zero-order chi connectivity index (χ0) is 27.3. The molecule has 3 rings (SSSR count). The Bertz CT molecular complexity index is 1260. The Morgan fingerprint density at radius 2 is 1.22 bits per heavy atom. The first-order valence-electron chi connectivity index (χ1n) is 10.6. The highest BCUT2D eigenvalue weighted by Gasteiger charge is 2.05. The van der Waals surface area contributed by atoms with Gasteiger partial charge in [0.15, 0.2) is 5.17 Å². The predicted molar refractivity (Wildman–Crippen MR) is 146 cm³/mol. The lowest BCUT2D eigenvalue weighted by Crippen LogP contribution is -2.02. The predicted octanol–water partition coefficient (Wildman–Crippen LogP) is 5.40. The largest absolute Gasteiger partial charge is 0.411 e. The molecule has 196 valence electrons. The van der Waals surface area contributed by atoms with E-state index in [0.29, 0.717) is 17.1 Å². The van der Waals surface area contributed by atoms with Crippen LogP contribution in [0.25, 0.3) is 0 Å². The fraction of sp³-hybridized carbons (Fsp3) is 0.240. The van der Waals surface area contributed by atoms with Gasteiger partial charge in [0.2, 0.25) is 5.71 Å². The summed E-state index contributed by atoms with van der Waals surface area (Å²) >= 11 is 5.57. The van der Waals surface area contributed by atoms with Crippen LogP contribution in [-0.2, 0) is 0 Å². The van der Waals surface area contributed by atoms with Crippen molar-refractivity contribution in [3.63, 3.8) is 0 Å². The molecule has 12 heteroatoms. The van der Waals surface area contributed by atoms with Crippen molar-refractivity contribution in [2.75, 3.05) is 0 Å². The summed E-state index contributed by atoms with van der Waals surface area (Å²) in [6.45, 7) is 11.4. The van der Waals surface area contributed by atoms with Gasteiger partial charge in [-0.05, 0) is 94.6 Å². The van der Waals surface area contributed by atoms with Crippen LogP contribution in [0.15, 0.2) is 51.9 Å². The summed E-state index contributed by atoms with van der Waals surface area (Å²) in [7, 11) is 0. The minimum atomic E-state index is -0.0631. The lowest BCUT2D eigenvalue weighted by molar-refractivity contribution is 0.320. The molecule has 3 aromatic heterocycles. The maximum Gasteiger partial charge on any atom is 0.205 e. The van der Waals surface area contributed by atoms with Crippen LogP contribution in [0.4, 0.5) is 0 Å². The maximum atomic E-state index is 8.58. The Labute approximate surface area is 227 Å². The quantitative estimate of drug-likeness (QED) is 0.225. The van der Waals surface area contributed by atoms with Crippen LogP contribution >= 0.6 is 24.0 Å². The number of oxime groups is 3.